The number of para-hydroxylation sites is 1. The van der Waals surface area contributed by atoms with E-state index in [1.807, 2.05) is 36.0 Å². The van der Waals surface area contributed by atoms with Crippen molar-refractivity contribution in [2.45, 2.75) is 16.0 Å². The molecule has 1 N–H and O–H groups in total. The lowest BCUT2D eigenvalue weighted by molar-refractivity contribution is 0.674. The number of benzene rings is 7. The average molecular weight is 685 g/mol. The highest BCUT2D eigenvalue weighted by Crippen LogP contribution is 2.43. The standard InChI is InChI=1S/C47H32N4S/c1-3-14-32(15-4-1)45-48-46(33-16-5-2-6-17-33)50-47(49-45)36-20-11-18-34(29-36)35-19-12-21-37(30-35)51-41-23-9-8-22-38(41)39-27-28-43-40(44(39)51)26-25-31-13-7-10-24-42(31)52-43/h1-30,45H,(H,48,49,50). The number of nitrogens with one attached hydrogen (secondary N) is 1. The van der Waals surface area contributed by atoms with Gasteiger partial charge in [0, 0.05) is 42.9 Å². The summed E-state index contributed by atoms with van der Waals surface area (Å²) in [5.74, 6) is 1.52. The molecule has 0 radical (unpaired) electrons. The molecule has 0 aliphatic carbocycles. The SMILES string of the molecule is C1=Cc2c(ccc3c4ccccc4n(-c4cccc(-c5cccc(C6=NC(c7ccccc7)=NC(c7ccccc7)N6)c5)c4)c23)Sc2ccccc21. The quantitative estimate of drug-likeness (QED) is 0.196. The highest BCUT2D eigenvalue weighted by atomic mass is 32.2. The van der Waals surface area contributed by atoms with E-state index < -0.39 is 0 Å². The van der Waals surface area contributed by atoms with E-state index >= 15 is 0 Å². The molecule has 10 rings (SSSR count). The third-order valence-corrected chi connectivity index (χ3v) is 11.0. The second kappa shape index (κ2) is 12.7. The van der Waals surface area contributed by atoms with Crippen LogP contribution in [0.2, 0.25) is 0 Å². The summed E-state index contributed by atoms with van der Waals surface area (Å²) in [6.45, 7) is 0. The Kier molecular flexibility index (Phi) is 7.43. The van der Waals surface area contributed by atoms with E-state index in [1.54, 1.807) is 0 Å². The van der Waals surface area contributed by atoms with Crippen molar-refractivity contribution >= 4 is 57.4 Å². The maximum absolute atomic E-state index is 5.07. The third-order valence-electron chi connectivity index (χ3n) is 9.87. The number of hydrogen-bond donors (Lipinski definition) is 1. The van der Waals surface area contributed by atoms with Crippen molar-refractivity contribution in [3.05, 3.63) is 198 Å². The first-order chi connectivity index (χ1) is 25.8. The number of rotatable bonds is 5. The summed E-state index contributed by atoms with van der Waals surface area (Å²) in [6.07, 6.45) is 4.31. The monoisotopic (exact) mass is 684 g/mol. The Morgan fingerprint density at radius 3 is 2.13 bits per heavy atom. The zero-order chi connectivity index (χ0) is 34.4. The summed E-state index contributed by atoms with van der Waals surface area (Å²) in [4.78, 5) is 12.6. The van der Waals surface area contributed by atoms with Crippen LogP contribution in [-0.4, -0.2) is 16.2 Å². The summed E-state index contributed by atoms with van der Waals surface area (Å²) >= 11 is 1.84. The summed E-state index contributed by atoms with van der Waals surface area (Å²) < 4.78 is 2.44. The van der Waals surface area contributed by atoms with Gasteiger partial charge in [0.1, 0.15) is 12.0 Å². The molecule has 52 heavy (non-hydrogen) atoms. The second-order valence-electron chi connectivity index (χ2n) is 13.1. The maximum Gasteiger partial charge on any atom is 0.159 e. The lowest BCUT2D eigenvalue weighted by atomic mass is 10.0. The molecule has 0 amide bonds. The van der Waals surface area contributed by atoms with E-state index in [0.717, 1.165) is 45.2 Å². The van der Waals surface area contributed by atoms with Gasteiger partial charge in [-0.3, -0.25) is 0 Å². The predicted molar refractivity (Wildman–Crippen MR) is 218 cm³/mol. The molecule has 5 heteroatoms. The molecule has 8 aromatic rings. The van der Waals surface area contributed by atoms with Crippen LogP contribution in [0.25, 0.3) is 50.8 Å². The zero-order valence-corrected chi connectivity index (χ0v) is 29.0. The van der Waals surface area contributed by atoms with Crippen LogP contribution < -0.4 is 5.32 Å². The summed E-state index contributed by atoms with van der Waals surface area (Å²) in [5, 5.41) is 6.13. The topological polar surface area (TPSA) is 41.7 Å². The fourth-order valence-electron chi connectivity index (χ4n) is 7.37. The number of aliphatic imine (C=N–C) groups is 2. The van der Waals surface area contributed by atoms with Gasteiger partial charge in [-0.25, -0.2) is 9.98 Å². The Morgan fingerprint density at radius 1 is 0.538 bits per heavy atom. The van der Waals surface area contributed by atoms with Gasteiger partial charge in [-0.05, 0) is 58.7 Å². The van der Waals surface area contributed by atoms with Gasteiger partial charge in [-0.1, -0.05) is 157 Å². The molecule has 0 spiro atoms. The van der Waals surface area contributed by atoms with Crippen LogP contribution in [0.4, 0.5) is 0 Å². The molecule has 7 aromatic carbocycles. The number of hydrogen-bond acceptors (Lipinski definition) is 4. The van der Waals surface area contributed by atoms with E-state index in [1.165, 1.54) is 42.7 Å². The maximum atomic E-state index is 5.07. The first-order valence-corrected chi connectivity index (χ1v) is 18.3. The Labute approximate surface area is 306 Å². The van der Waals surface area contributed by atoms with Crippen LogP contribution >= 0.6 is 11.8 Å². The van der Waals surface area contributed by atoms with E-state index in [4.69, 9.17) is 9.98 Å². The molecule has 1 atom stereocenters. The number of nitrogens with zero attached hydrogens (tertiary/aromatic N) is 3. The molecule has 246 valence electrons. The first kappa shape index (κ1) is 30.4. The lowest BCUT2D eigenvalue weighted by Crippen LogP contribution is -2.33. The summed E-state index contributed by atoms with van der Waals surface area (Å²) in [7, 11) is 0. The second-order valence-corrected chi connectivity index (χ2v) is 14.2. The van der Waals surface area contributed by atoms with Crippen LogP contribution in [0.5, 0.6) is 0 Å². The van der Waals surface area contributed by atoms with Crippen molar-refractivity contribution in [1.82, 2.24) is 9.88 Å². The number of amidine groups is 2. The molecular formula is C47H32N4S. The molecule has 2 aliphatic heterocycles. The summed E-state index contributed by atoms with van der Waals surface area (Å²) in [6, 6.07) is 60.1. The molecule has 0 fully saturated rings. The van der Waals surface area contributed by atoms with Gasteiger partial charge in [-0.2, -0.15) is 0 Å². The van der Waals surface area contributed by atoms with Crippen LogP contribution in [-0.2, 0) is 0 Å². The van der Waals surface area contributed by atoms with Gasteiger partial charge in [-0.15, -0.1) is 0 Å². The van der Waals surface area contributed by atoms with Crippen LogP contribution in [0, 0.1) is 0 Å². The van der Waals surface area contributed by atoms with Crippen LogP contribution in [0.3, 0.4) is 0 Å². The van der Waals surface area contributed by atoms with E-state index in [2.05, 4.69) is 168 Å². The van der Waals surface area contributed by atoms with Crippen molar-refractivity contribution in [2.75, 3.05) is 0 Å². The van der Waals surface area contributed by atoms with Crippen molar-refractivity contribution in [3.63, 3.8) is 0 Å². The van der Waals surface area contributed by atoms with Gasteiger partial charge >= 0.3 is 0 Å². The molecule has 0 saturated carbocycles. The normalized spacial score (nSPS) is 15.0. The molecule has 2 aliphatic rings. The fourth-order valence-corrected chi connectivity index (χ4v) is 8.42. The predicted octanol–water partition coefficient (Wildman–Crippen LogP) is 11.6. The van der Waals surface area contributed by atoms with E-state index in [-0.39, 0.29) is 6.17 Å². The van der Waals surface area contributed by atoms with Gasteiger partial charge in [0.15, 0.2) is 5.84 Å². The highest BCUT2D eigenvalue weighted by molar-refractivity contribution is 7.99. The minimum absolute atomic E-state index is 0.249. The molecule has 0 saturated heterocycles. The molecule has 3 heterocycles. The minimum atomic E-state index is -0.249. The Hall–Kier alpha value is -6.43. The molecule has 0 bridgehead atoms. The van der Waals surface area contributed by atoms with Crippen molar-refractivity contribution in [1.29, 1.82) is 0 Å². The Bertz CT molecular complexity index is 2740. The van der Waals surface area contributed by atoms with Gasteiger partial charge < -0.3 is 9.88 Å². The van der Waals surface area contributed by atoms with Crippen LogP contribution in [0.15, 0.2) is 190 Å². The molecule has 1 aromatic heterocycles. The lowest BCUT2D eigenvalue weighted by Gasteiger charge is -2.24. The van der Waals surface area contributed by atoms with E-state index in [9.17, 15) is 0 Å². The van der Waals surface area contributed by atoms with Gasteiger partial charge in [0.2, 0.25) is 0 Å². The van der Waals surface area contributed by atoms with Crippen molar-refractivity contribution in [2.24, 2.45) is 9.98 Å². The molecular weight excluding hydrogens is 653 g/mol. The van der Waals surface area contributed by atoms with Gasteiger partial charge in [0.25, 0.3) is 0 Å². The average Bonchev–Trinajstić information content (AvgIpc) is 3.43. The van der Waals surface area contributed by atoms with Crippen molar-refractivity contribution in [3.8, 4) is 16.8 Å². The third kappa shape index (κ3) is 5.34. The minimum Gasteiger partial charge on any atom is -0.344 e. The number of aromatic nitrogens is 1. The summed E-state index contributed by atoms with van der Waals surface area (Å²) in [5.41, 5.74) is 11.4. The largest absolute Gasteiger partial charge is 0.344 e. The first-order valence-electron chi connectivity index (χ1n) is 17.5. The van der Waals surface area contributed by atoms with Crippen LogP contribution in [0.1, 0.15) is 34.0 Å². The molecule has 4 nitrogen and oxygen atoms in total. The molecule has 1 unspecified atom stereocenters. The smallest absolute Gasteiger partial charge is 0.159 e. The fraction of sp³-hybridized carbons (Fsp3) is 0.0213. The number of fused-ring (bicyclic) bond motifs is 6. The Morgan fingerprint density at radius 2 is 1.25 bits per heavy atom. The van der Waals surface area contributed by atoms with Crippen molar-refractivity contribution < 1.29 is 0 Å². The highest BCUT2D eigenvalue weighted by Gasteiger charge is 2.22. The van der Waals surface area contributed by atoms with Gasteiger partial charge in [0.05, 0.1) is 11.0 Å². The van der Waals surface area contributed by atoms with E-state index in [0.29, 0.717) is 0 Å². The zero-order valence-electron chi connectivity index (χ0n) is 28.1. The Balaban J connectivity index is 1.08.